The summed E-state index contributed by atoms with van der Waals surface area (Å²) in [6.45, 7) is 2.22. The van der Waals surface area contributed by atoms with Crippen molar-refractivity contribution in [1.29, 1.82) is 0 Å². The maximum Gasteiger partial charge on any atom is 0.459 e. The first kappa shape index (κ1) is 15.6. The SMILES string of the molecule is C=C(F)F.FC(F)C(F)(F)C(F)(F)F. The van der Waals surface area contributed by atoms with Gasteiger partial charge in [0.15, 0.2) is 0 Å². The number of alkyl halides is 7. The van der Waals surface area contributed by atoms with Crippen molar-refractivity contribution < 1.29 is 39.5 Å². The van der Waals surface area contributed by atoms with Crippen LogP contribution in [0.4, 0.5) is 39.5 Å². The molecule has 0 rings (SSSR count). The van der Waals surface area contributed by atoms with Gasteiger partial charge >= 0.3 is 18.5 Å². The zero-order chi connectivity index (χ0) is 12.2. The normalized spacial score (nSPS) is 12.1. The zero-order valence-electron chi connectivity index (χ0n) is 6.19. The lowest BCUT2D eigenvalue weighted by Crippen LogP contribution is -2.42. The van der Waals surface area contributed by atoms with Crippen LogP contribution >= 0.6 is 0 Å². The van der Waals surface area contributed by atoms with Gasteiger partial charge in [-0.2, -0.15) is 30.7 Å². The van der Waals surface area contributed by atoms with E-state index in [1.807, 2.05) is 0 Å². The van der Waals surface area contributed by atoms with Crippen molar-refractivity contribution in [3.63, 3.8) is 0 Å². The highest BCUT2D eigenvalue weighted by Gasteiger charge is 2.64. The van der Waals surface area contributed by atoms with E-state index >= 15 is 0 Å². The molecule has 0 N–H and O–H groups in total. The predicted octanol–water partition coefficient (Wildman–Crippen LogP) is 3.85. The van der Waals surface area contributed by atoms with Crippen molar-refractivity contribution in [3.05, 3.63) is 12.7 Å². The molecule has 14 heavy (non-hydrogen) atoms. The number of hydrogen-bond acceptors (Lipinski definition) is 0. The molecule has 0 amide bonds. The predicted molar refractivity (Wildman–Crippen MR) is 28.4 cm³/mol. The summed E-state index contributed by atoms with van der Waals surface area (Å²) in [6.07, 6.45) is -12.7. The first-order valence-electron chi connectivity index (χ1n) is 2.65. The third-order valence-electron chi connectivity index (χ3n) is 0.652. The summed E-state index contributed by atoms with van der Waals surface area (Å²) < 4.78 is 96.9. The van der Waals surface area contributed by atoms with Crippen molar-refractivity contribution in [1.82, 2.24) is 0 Å². The second kappa shape index (κ2) is 5.11. The van der Waals surface area contributed by atoms with Crippen LogP contribution in [0.25, 0.3) is 0 Å². The fourth-order valence-corrected chi connectivity index (χ4v) is 0.124. The molecular formula is C5H3F9. The van der Waals surface area contributed by atoms with Gasteiger partial charge in [0, 0.05) is 0 Å². The highest BCUT2D eigenvalue weighted by Crippen LogP contribution is 2.39. The Labute approximate surface area is 72.0 Å². The third kappa shape index (κ3) is 5.70. The van der Waals surface area contributed by atoms with Crippen molar-refractivity contribution >= 4 is 0 Å². The van der Waals surface area contributed by atoms with Gasteiger partial charge in [-0.25, -0.2) is 8.78 Å². The number of halogens is 9. The number of hydrogen-bond donors (Lipinski definition) is 0. The fourth-order valence-electron chi connectivity index (χ4n) is 0.124. The van der Waals surface area contributed by atoms with Crippen LogP contribution in [0, 0.1) is 0 Å². The summed E-state index contributed by atoms with van der Waals surface area (Å²) in [7, 11) is 0. The van der Waals surface area contributed by atoms with E-state index in [0.29, 0.717) is 0 Å². The molecule has 0 saturated heterocycles. The van der Waals surface area contributed by atoms with Crippen LogP contribution in [0.3, 0.4) is 0 Å². The lowest BCUT2D eigenvalue weighted by atomic mass is 10.3. The Morgan fingerprint density at radius 3 is 1.14 bits per heavy atom. The summed E-state index contributed by atoms with van der Waals surface area (Å²) in [4.78, 5) is 0. The van der Waals surface area contributed by atoms with E-state index in [0.717, 1.165) is 0 Å². The van der Waals surface area contributed by atoms with Gasteiger partial charge in [0.2, 0.25) is 0 Å². The molecule has 0 aliphatic rings. The Kier molecular flexibility index (Phi) is 5.68. The average Bonchev–Trinajstić information content (AvgIpc) is 1.82. The zero-order valence-corrected chi connectivity index (χ0v) is 6.19. The van der Waals surface area contributed by atoms with Crippen LogP contribution in [0.15, 0.2) is 12.7 Å². The van der Waals surface area contributed by atoms with E-state index in [1.165, 1.54) is 0 Å². The summed E-state index contributed by atoms with van der Waals surface area (Å²) in [5.74, 6) is -5.90. The summed E-state index contributed by atoms with van der Waals surface area (Å²) in [5.41, 5.74) is 0. The molecular weight excluding hydrogens is 231 g/mol. The minimum absolute atomic E-state index is 1.83. The van der Waals surface area contributed by atoms with Gasteiger partial charge in [-0.15, -0.1) is 0 Å². The standard InChI is InChI=1S/C3HF7.C2H2F2/c4-1(5)2(6,7)3(8,9)10;1-2(3)4/h1H;1H2. The molecule has 0 radical (unpaired) electrons. The molecule has 0 bridgehead atoms. The van der Waals surface area contributed by atoms with Crippen molar-refractivity contribution in [2.45, 2.75) is 18.5 Å². The summed E-state index contributed by atoms with van der Waals surface area (Å²) >= 11 is 0. The molecule has 86 valence electrons. The van der Waals surface area contributed by atoms with Crippen LogP contribution < -0.4 is 0 Å². The van der Waals surface area contributed by atoms with Crippen molar-refractivity contribution in [2.24, 2.45) is 0 Å². The first-order valence-corrected chi connectivity index (χ1v) is 2.65. The van der Waals surface area contributed by atoms with Gasteiger partial charge in [0.1, 0.15) is 0 Å². The molecule has 0 aromatic carbocycles. The molecule has 0 heterocycles. The van der Waals surface area contributed by atoms with Gasteiger partial charge < -0.3 is 0 Å². The molecule has 0 nitrogen and oxygen atoms in total. The van der Waals surface area contributed by atoms with Crippen LogP contribution in [0.1, 0.15) is 0 Å². The van der Waals surface area contributed by atoms with Crippen molar-refractivity contribution in [3.8, 4) is 0 Å². The largest absolute Gasteiger partial charge is 0.459 e. The number of rotatable bonds is 1. The molecule has 0 saturated carbocycles. The van der Waals surface area contributed by atoms with Crippen LogP contribution in [0.5, 0.6) is 0 Å². The average molecular weight is 234 g/mol. The molecule has 0 atom stereocenters. The molecule has 0 aromatic rings. The quantitative estimate of drug-likeness (QED) is 0.604. The Bertz CT molecular complexity index is 174. The maximum atomic E-state index is 11.2. The van der Waals surface area contributed by atoms with Crippen LogP contribution in [0.2, 0.25) is 0 Å². The Morgan fingerprint density at radius 1 is 0.929 bits per heavy atom. The third-order valence-corrected chi connectivity index (χ3v) is 0.652. The lowest BCUT2D eigenvalue weighted by Gasteiger charge is -2.17. The minimum Gasteiger partial charge on any atom is -0.203 e. The maximum absolute atomic E-state index is 11.2. The monoisotopic (exact) mass is 234 g/mol. The summed E-state index contributed by atoms with van der Waals surface area (Å²) in [6, 6.07) is 0. The highest BCUT2D eigenvalue weighted by molar-refractivity contribution is 4.77. The van der Waals surface area contributed by atoms with Gasteiger partial charge in [-0.1, -0.05) is 0 Å². The molecule has 0 aliphatic carbocycles. The van der Waals surface area contributed by atoms with Gasteiger partial charge in [-0.05, 0) is 6.58 Å². The van der Waals surface area contributed by atoms with Crippen LogP contribution in [-0.2, 0) is 0 Å². The van der Waals surface area contributed by atoms with Crippen LogP contribution in [-0.4, -0.2) is 18.5 Å². The molecule has 0 aliphatic heterocycles. The molecule has 0 fully saturated rings. The fraction of sp³-hybridized carbons (Fsp3) is 0.600. The Morgan fingerprint density at radius 2 is 1.14 bits per heavy atom. The van der Waals surface area contributed by atoms with Gasteiger partial charge in [0.05, 0.1) is 0 Å². The Balaban J connectivity index is 0. The minimum atomic E-state index is -6.17. The topological polar surface area (TPSA) is 0 Å². The highest BCUT2D eigenvalue weighted by atomic mass is 19.4. The Hall–Kier alpha value is -0.890. The summed E-state index contributed by atoms with van der Waals surface area (Å²) in [5, 5.41) is 0. The second-order valence-corrected chi connectivity index (χ2v) is 1.76. The molecule has 0 unspecified atom stereocenters. The van der Waals surface area contributed by atoms with E-state index in [4.69, 9.17) is 0 Å². The van der Waals surface area contributed by atoms with E-state index < -0.39 is 24.6 Å². The second-order valence-electron chi connectivity index (χ2n) is 1.76. The lowest BCUT2D eigenvalue weighted by molar-refractivity contribution is -0.320. The van der Waals surface area contributed by atoms with E-state index in [9.17, 15) is 39.5 Å². The molecule has 0 spiro atoms. The van der Waals surface area contributed by atoms with Crippen molar-refractivity contribution in [2.75, 3.05) is 0 Å². The smallest absolute Gasteiger partial charge is 0.203 e. The van der Waals surface area contributed by atoms with E-state index in [-0.39, 0.29) is 0 Å². The van der Waals surface area contributed by atoms with E-state index in [2.05, 4.69) is 6.58 Å². The first-order chi connectivity index (χ1) is 5.93. The molecule has 9 heteroatoms. The van der Waals surface area contributed by atoms with E-state index in [1.54, 1.807) is 0 Å². The molecule has 0 aromatic heterocycles. The van der Waals surface area contributed by atoms with Gasteiger partial charge in [0.25, 0.3) is 6.08 Å². The van der Waals surface area contributed by atoms with Gasteiger partial charge in [-0.3, -0.25) is 0 Å².